The maximum absolute atomic E-state index is 11.6. The Balaban J connectivity index is 0.000000145. The van der Waals surface area contributed by atoms with Crippen molar-refractivity contribution in [1.29, 1.82) is 0 Å². The second-order valence-corrected chi connectivity index (χ2v) is 53.1. The minimum Gasteiger partial charge on any atom is -0.481 e. The molecule has 16 aliphatic rings. The van der Waals surface area contributed by atoms with Crippen LogP contribution in [-0.4, -0.2) is 99.0 Å². The van der Waals surface area contributed by atoms with Crippen LogP contribution in [0.2, 0.25) is 0 Å². The third kappa shape index (κ3) is 21.8. The molecular formula is C119H205N3O5. The summed E-state index contributed by atoms with van der Waals surface area (Å²) in [6.07, 6.45) is 72.4. The minimum absolute atomic E-state index is 0.120. The van der Waals surface area contributed by atoms with Gasteiger partial charge in [-0.05, 0) is 419 Å². The predicted molar refractivity (Wildman–Crippen MR) is 538 cm³/mol. The van der Waals surface area contributed by atoms with Gasteiger partial charge in [-0.15, -0.1) is 0 Å². The zero-order chi connectivity index (χ0) is 91.7. The number of carbonyl (C=O) groups excluding carboxylic acids is 1. The van der Waals surface area contributed by atoms with E-state index in [1.807, 2.05) is 5.57 Å². The quantitative estimate of drug-likeness (QED) is 0.0693. The lowest BCUT2D eigenvalue weighted by molar-refractivity contribution is -0.139. The highest BCUT2D eigenvalue weighted by atomic mass is 16.5. The van der Waals surface area contributed by atoms with Crippen molar-refractivity contribution in [2.75, 3.05) is 47.9 Å². The van der Waals surface area contributed by atoms with E-state index in [1.54, 1.807) is 23.6 Å². The second-order valence-electron chi connectivity index (χ2n) is 53.1. The van der Waals surface area contributed by atoms with Crippen molar-refractivity contribution in [2.45, 2.75) is 459 Å². The van der Waals surface area contributed by atoms with Gasteiger partial charge in [0.25, 0.3) is 0 Å². The van der Waals surface area contributed by atoms with Gasteiger partial charge in [-0.2, -0.15) is 0 Å². The van der Waals surface area contributed by atoms with Crippen molar-refractivity contribution in [3.8, 4) is 0 Å². The normalized spacial score (nSPS) is 42.4. The fraction of sp³-hybridized carbons (Fsp3) is 0.916. The van der Waals surface area contributed by atoms with Crippen LogP contribution in [0, 0.1) is 185 Å². The first-order valence-corrected chi connectivity index (χ1v) is 55.9. The van der Waals surface area contributed by atoms with Crippen LogP contribution >= 0.6 is 0 Å². The number of amides is 1. The molecule has 16 aliphatic carbocycles. The SMILES string of the molecule is CC(=O)N[C@H]1CC[C@@]2(C)C(=CC[C@H]3[C@@H]4CC[C@H]([C@H](C)CCCC(C)C)[C@@]4(C)CC[C@@H]32)C1.CC(C)CCC[C@@H](C)[C@H]1CC[C@H]2[C@@H]3CC=C4C[C@@H](N(C)C)CC[C@]4(C)[C@H]3CC[C@]12C.CC(C)CCC[C@@H](C)[C@H]1CC[C@H]2[C@@H]3CC=C4C[C@@H](OCCC(=O)O)CC[C@]4(C)[C@H]3CC[C@]12C.CC(C)CCC[C@@H](C)[C@H]1CC[C@H]2[C@@H]3CC=C4C[C@@H](OCCN(C)C)CC[C@]4(C)[C@H]3CC[C@]12C. The second kappa shape index (κ2) is 42.8. The molecule has 726 valence electrons. The fourth-order valence-electron chi connectivity index (χ4n) is 36.5. The monoisotopic (exact) mass is 1760 g/mol. The van der Waals surface area contributed by atoms with Gasteiger partial charge in [0, 0.05) is 25.6 Å². The lowest BCUT2D eigenvalue weighted by Gasteiger charge is -2.59. The van der Waals surface area contributed by atoms with Crippen molar-refractivity contribution in [3.05, 3.63) is 46.6 Å². The lowest BCUT2D eigenvalue weighted by atomic mass is 9.47. The van der Waals surface area contributed by atoms with Crippen molar-refractivity contribution < 1.29 is 24.2 Å². The molecule has 0 aromatic carbocycles. The van der Waals surface area contributed by atoms with Gasteiger partial charge in [0.05, 0.1) is 31.8 Å². The maximum atomic E-state index is 11.6. The molecule has 32 atom stereocenters. The number of hydrogen-bond donors (Lipinski definition) is 2. The standard InChI is InChI=1S/C31H55NO.C30H50O3.C29H49NO.C29H51N/c1-22(2)9-8-10-23(3)27-13-14-28-26-12-11-24-21-25(33-20-19-32(6)7)15-17-30(24,4)29(26)16-18-31(27,28)5;1-20(2)7-6-8-21(3)25-11-12-26-24-10-9-22-19-23(33-18-15-28(31)32)13-16-29(22,4)27(24)14-17-30(25,26)5;1-19(2)8-7-9-20(3)25-12-13-26-24-11-10-22-18-23(30-21(4)31)14-16-28(22,5)27(24)15-17-29(25,26)6;1-20(2)9-8-10-21(3)25-13-14-26-24-12-11-22-19-23(30(6)7)15-17-28(22,4)27(24)16-18-29(25,26)5/h11,22-23,25-29H,8-10,12-21H2,1-7H3;9,20-21,23-27H,6-8,10-19H2,1-5H3,(H,31,32);10,19-20,23-27H,7-9,11-18H2,1-6H3,(H,30,31);11,20-21,23-27H,8-10,12-19H2,1-7H3/t23-,25+,26+,27-,28+,29+,30+,31-;21-,23+,24+,25-,26+,27+,29+,30-;20-,23+,24+,25-,26+,27+,28+,29-;21-,23+,24+,25-,26+,27+,28+,29-/m1111/s1. The Kier molecular flexibility index (Phi) is 34.4. The van der Waals surface area contributed by atoms with Crippen LogP contribution in [-0.2, 0) is 19.1 Å². The Morgan fingerprint density at radius 2 is 0.669 bits per heavy atom. The van der Waals surface area contributed by atoms with Crippen molar-refractivity contribution in [2.24, 2.45) is 185 Å². The van der Waals surface area contributed by atoms with E-state index in [4.69, 9.17) is 14.6 Å². The Morgan fingerprint density at radius 1 is 0.370 bits per heavy atom. The van der Waals surface area contributed by atoms with E-state index in [1.165, 1.54) is 257 Å². The van der Waals surface area contributed by atoms with Gasteiger partial charge in [-0.3, -0.25) is 9.59 Å². The lowest BCUT2D eigenvalue weighted by Crippen LogP contribution is -2.52. The Labute approximate surface area is 784 Å². The van der Waals surface area contributed by atoms with Gasteiger partial charge >= 0.3 is 5.97 Å². The number of carboxylic acid groups (broad SMARTS) is 1. The highest BCUT2D eigenvalue weighted by Crippen LogP contribution is 2.73. The van der Waals surface area contributed by atoms with E-state index in [0.717, 1.165) is 187 Å². The summed E-state index contributed by atoms with van der Waals surface area (Å²) >= 11 is 0. The van der Waals surface area contributed by atoms with E-state index in [9.17, 15) is 9.59 Å². The molecule has 0 aromatic rings. The first kappa shape index (κ1) is 102. The Morgan fingerprint density at radius 3 is 0.969 bits per heavy atom. The molecule has 12 saturated carbocycles. The zero-order valence-electron chi connectivity index (χ0n) is 87.9. The summed E-state index contributed by atoms with van der Waals surface area (Å²) < 4.78 is 12.3. The molecule has 8 heteroatoms. The third-order valence-corrected chi connectivity index (χ3v) is 43.8. The Hall–Kier alpha value is -2.26. The van der Waals surface area contributed by atoms with E-state index >= 15 is 0 Å². The first-order valence-electron chi connectivity index (χ1n) is 55.9. The Bertz CT molecular complexity index is 3670. The molecule has 0 heterocycles. The number of nitrogens with one attached hydrogen (secondary N) is 1. The van der Waals surface area contributed by atoms with Crippen LogP contribution in [0.1, 0.15) is 434 Å². The molecule has 127 heavy (non-hydrogen) atoms. The van der Waals surface area contributed by atoms with Crippen LogP contribution in [0.25, 0.3) is 0 Å². The average Bonchev–Trinajstić information content (AvgIpc) is 1.67. The number of fused-ring (bicyclic) bond motifs is 20. The van der Waals surface area contributed by atoms with Gasteiger partial charge < -0.3 is 29.7 Å². The first-order chi connectivity index (χ1) is 60.1. The highest BCUT2D eigenvalue weighted by molar-refractivity contribution is 5.73. The molecule has 12 fully saturated rings. The molecule has 16 rings (SSSR count). The van der Waals surface area contributed by atoms with E-state index < -0.39 is 5.97 Å². The van der Waals surface area contributed by atoms with Gasteiger partial charge in [-0.1, -0.05) is 262 Å². The smallest absolute Gasteiger partial charge is 0.305 e. The zero-order valence-corrected chi connectivity index (χ0v) is 87.9. The average molecular weight is 1760 g/mol. The number of carboxylic acids is 1. The molecule has 0 bridgehead atoms. The molecule has 8 nitrogen and oxygen atoms in total. The summed E-state index contributed by atoms with van der Waals surface area (Å²) in [5.41, 5.74) is 11.0. The van der Waals surface area contributed by atoms with Crippen molar-refractivity contribution in [1.82, 2.24) is 15.1 Å². The summed E-state index contributed by atoms with van der Waals surface area (Å²) in [6, 6.07) is 1.14. The number of carbonyl (C=O) groups is 2. The molecule has 0 saturated heterocycles. The molecule has 0 radical (unpaired) electrons. The van der Waals surface area contributed by atoms with Gasteiger partial charge in [-0.25, -0.2) is 0 Å². The van der Waals surface area contributed by atoms with Gasteiger partial charge in [0.1, 0.15) is 0 Å². The maximum Gasteiger partial charge on any atom is 0.305 e. The largest absolute Gasteiger partial charge is 0.481 e. The molecule has 2 N–H and O–H groups in total. The van der Waals surface area contributed by atoms with Gasteiger partial charge in [0.15, 0.2) is 0 Å². The number of nitrogens with zero attached hydrogens (tertiary/aromatic N) is 2. The molecule has 0 aromatic heterocycles. The van der Waals surface area contributed by atoms with Crippen molar-refractivity contribution >= 4 is 11.9 Å². The number of likely N-dealkylation sites (N-methyl/N-ethyl adjacent to an activating group) is 1. The molecule has 0 aliphatic heterocycles. The van der Waals surface area contributed by atoms with Crippen molar-refractivity contribution in [3.63, 3.8) is 0 Å². The summed E-state index contributed by atoms with van der Waals surface area (Å²) in [4.78, 5) is 27.2. The third-order valence-electron chi connectivity index (χ3n) is 43.8. The fourth-order valence-corrected chi connectivity index (χ4v) is 36.5. The van der Waals surface area contributed by atoms with E-state index in [0.29, 0.717) is 62.1 Å². The van der Waals surface area contributed by atoms with Crippen LogP contribution < -0.4 is 5.32 Å². The molecule has 0 spiro atoms. The highest BCUT2D eigenvalue weighted by Gasteiger charge is 2.65. The topological polar surface area (TPSA) is 91.3 Å². The minimum atomic E-state index is -0.760. The summed E-state index contributed by atoms with van der Waals surface area (Å²) in [5.74, 6) is 21.3. The van der Waals surface area contributed by atoms with Crippen LogP contribution in [0.15, 0.2) is 46.6 Å². The molecular weight excluding hydrogens is 1550 g/mol. The number of allylic oxidation sites excluding steroid dienone is 4. The number of hydrogen-bond acceptors (Lipinski definition) is 6. The van der Waals surface area contributed by atoms with Crippen LogP contribution in [0.3, 0.4) is 0 Å². The summed E-state index contributed by atoms with van der Waals surface area (Å²) in [6.45, 7) is 54.6. The number of ether oxygens (including phenoxy) is 2. The summed E-state index contributed by atoms with van der Waals surface area (Å²) in [7, 11) is 8.85. The molecule has 1 amide bonds. The summed E-state index contributed by atoms with van der Waals surface area (Å²) in [5, 5.41) is 12.1. The number of rotatable bonds is 30. The van der Waals surface area contributed by atoms with Gasteiger partial charge in [0.2, 0.25) is 5.91 Å². The van der Waals surface area contributed by atoms with Crippen LogP contribution in [0.5, 0.6) is 0 Å². The van der Waals surface area contributed by atoms with E-state index in [2.05, 4.69) is 206 Å². The van der Waals surface area contributed by atoms with E-state index in [-0.39, 0.29) is 18.4 Å². The predicted octanol–water partition coefficient (Wildman–Crippen LogP) is 31.4. The molecule has 0 unspecified atom stereocenters. The van der Waals surface area contributed by atoms with Crippen LogP contribution in [0.4, 0.5) is 0 Å². The number of aliphatic carboxylic acids is 1.